The van der Waals surface area contributed by atoms with Gasteiger partial charge in [-0.3, -0.25) is 9.88 Å². The summed E-state index contributed by atoms with van der Waals surface area (Å²) in [4.78, 5) is 13.0. The molecule has 0 bridgehead atoms. The van der Waals surface area contributed by atoms with Gasteiger partial charge < -0.3 is 10.2 Å². The number of halogens is 3. The normalized spacial score (nSPS) is 21.2. The molecule has 2 aromatic heterocycles. The summed E-state index contributed by atoms with van der Waals surface area (Å²) in [6.45, 7) is 0.940. The van der Waals surface area contributed by atoms with Gasteiger partial charge in [0.1, 0.15) is 11.5 Å². The Labute approximate surface area is 194 Å². The molecular formula is C24H24F3N7. The van der Waals surface area contributed by atoms with E-state index in [1.54, 1.807) is 0 Å². The van der Waals surface area contributed by atoms with Crippen LogP contribution in [0.4, 0.5) is 30.5 Å². The van der Waals surface area contributed by atoms with Crippen molar-refractivity contribution >= 4 is 23.3 Å². The van der Waals surface area contributed by atoms with E-state index in [0.717, 1.165) is 54.2 Å². The molecule has 7 nitrogen and oxygen atoms in total. The molecule has 0 saturated heterocycles. The van der Waals surface area contributed by atoms with E-state index in [-0.39, 0.29) is 6.04 Å². The third-order valence-corrected chi connectivity index (χ3v) is 6.75. The van der Waals surface area contributed by atoms with Crippen molar-refractivity contribution in [1.29, 1.82) is 0 Å². The Hall–Kier alpha value is -3.56. The molecule has 176 valence electrons. The first-order valence-corrected chi connectivity index (χ1v) is 11.4. The Morgan fingerprint density at radius 3 is 2.65 bits per heavy atom. The number of rotatable bonds is 4. The summed E-state index contributed by atoms with van der Waals surface area (Å²) in [5.41, 5.74) is 1.72. The quantitative estimate of drug-likeness (QED) is 0.606. The van der Waals surface area contributed by atoms with Gasteiger partial charge in [0.05, 0.1) is 30.7 Å². The number of pyridine rings is 1. The Morgan fingerprint density at radius 2 is 1.91 bits per heavy atom. The molecule has 0 amide bonds. The second-order valence-electron chi connectivity index (χ2n) is 9.07. The van der Waals surface area contributed by atoms with Crippen LogP contribution in [0.5, 0.6) is 0 Å². The molecule has 0 radical (unpaired) electrons. The molecule has 4 heterocycles. The van der Waals surface area contributed by atoms with E-state index in [0.29, 0.717) is 24.7 Å². The number of hydrogen-bond donors (Lipinski definition) is 1. The van der Waals surface area contributed by atoms with Gasteiger partial charge in [0.2, 0.25) is 5.96 Å². The lowest BCUT2D eigenvalue weighted by molar-refractivity contribution is -0.141. The van der Waals surface area contributed by atoms with Crippen molar-refractivity contribution in [3.63, 3.8) is 0 Å². The minimum absolute atomic E-state index is 0.290. The predicted molar refractivity (Wildman–Crippen MR) is 123 cm³/mol. The van der Waals surface area contributed by atoms with Crippen LogP contribution in [0, 0.1) is 0 Å². The molecule has 0 spiro atoms. The van der Waals surface area contributed by atoms with E-state index < -0.39 is 11.9 Å². The number of benzene rings is 1. The van der Waals surface area contributed by atoms with Crippen LogP contribution in [0.15, 0.2) is 53.7 Å². The van der Waals surface area contributed by atoms with Crippen LogP contribution in [0.25, 0.3) is 0 Å². The number of nitrogens with one attached hydrogen (secondary N) is 1. The van der Waals surface area contributed by atoms with Crippen LogP contribution >= 0.6 is 0 Å². The zero-order chi connectivity index (χ0) is 23.4. The number of hydrogen-bond acceptors (Lipinski definition) is 6. The van der Waals surface area contributed by atoms with Gasteiger partial charge in [-0.05, 0) is 43.0 Å². The third-order valence-electron chi connectivity index (χ3n) is 6.75. The van der Waals surface area contributed by atoms with Gasteiger partial charge in [0.25, 0.3) is 0 Å². The molecule has 1 aliphatic carbocycles. The molecule has 1 aromatic carbocycles. The molecule has 1 N–H and O–H groups in total. The monoisotopic (exact) mass is 467 g/mol. The van der Waals surface area contributed by atoms with Gasteiger partial charge in [-0.15, -0.1) is 0 Å². The van der Waals surface area contributed by atoms with E-state index in [4.69, 9.17) is 10.1 Å². The standard InChI is InChI=1S/C24H24F3N7/c1-32-14-17-21(29-16-6-3-2-4-7-16)33(13-15-10-11-20(28-12-15)24(25,26)27)31-22(17)34-19-9-5-8-18(19)30-23(32)34/h2-4,6-7,10-12,18-19,29H,5,8-9,13-14H2,1H3/t18-,19+/m1/s1. The number of aromatic nitrogens is 3. The Kier molecular flexibility index (Phi) is 4.79. The fourth-order valence-corrected chi connectivity index (χ4v) is 5.17. The first-order valence-electron chi connectivity index (χ1n) is 11.4. The van der Waals surface area contributed by atoms with Crippen molar-refractivity contribution in [3.8, 4) is 0 Å². The number of alkyl halides is 3. The topological polar surface area (TPSA) is 61.6 Å². The molecule has 1 saturated carbocycles. The van der Waals surface area contributed by atoms with Crippen molar-refractivity contribution in [2.45, 2.75) is 50.6 Å². The fourth-order valence-electron chi connectivity index (χ4n) is 5.17. The maximum absolute atomic E-state index is 13.0. The lowest BCUT2D eigenvalue weighted by atomic mass is 10.1. The number of fused-ring (bicyclic) bond motifs is 5. The fraction of sp³-hybridized carbons (Fsp3) is 0.375. The molecular weight excluding hydrogens is 443 g/mol. The SMILES string of the molecule is CN1Cc2c(nn(Cc3ccc(C(F)(F)F)nc3)c2Nc2ccccc2)N2C1=N[C@@H]1CCC[C@@H]12. The molecule has 34 heavy (non-hydrogen) atoms. The summed E-state index contributed by atoms with van der Waals surface area (Å²) in [6.07, 6.45) is 0.118. The van der Waals surface area contributed by atoms with Crippen LogP contribution < -0.4 is 10.2 Å². The van der Waals surface area contributed by atoms with Crippen molar-refractivity contribution in [3.05, 3.63) is 65.5 Å². The molecule has 2 atom stereocenters. The largest absolute Gasteiger partial charge is 0.433 e. The molecule has 6 rings (SSSR count). The molecule has 0 unspecified atom stereocenters. The third kappa shape index (κ3) is 3.48. The van der Waals surface area contributed by atoms with Gasteiger partial charge in [-0.25, -0.2) is 9.67 Å². The lowest BCUT2D eigenvalue weighted by Gasteiger charge is -2.35. The highest BCUT2D eigenvalue weighted by Gasteiger charge is 2.46. The van der Waals surface area contributed by atoms with Crippen molar-refractivity contribution in [2.24, 2.45) is 4.99 Å². The average Bonchev–Trinajstić information content (AvgIpc) is 3.49. The minimum atomic E-state index is -4.46. The number of aliphatic imine (C=N–C) groups is 1. The van der Waals surface area contributed by atoms with E-state index in [2.05, 4.69) is 20.1 Å². The lowest BCUT2D eigenvalue weighted by Crippen LogP contribution is -2.48. The Morgan fingerprint density at radius 1 is 1.09 bits per heavy atom. The maximum Gasteiger partial charge on any atom is 0.433 e. The van der Waals surface area contributed by atoms with Gasteiger partial charge in [0.15, 0.2) is 5.82 Å². The summed E-state index contributed by atoms with van der Waals surface area (Å²) >= 11 is 0. The van der Waals surface area contributed by atoms with Crippen LogP contribution in [-0.4, -0.2) is 44.8 Å². The van der Waals surface area contributed by atoms with Crippen LogP contribution in [0.3, 0.4) is 0 Å². The van der Waals surface area contributed by atoms with Gasteiger partial charge in [-0.2, -0.15) is 18.3 Å². The maximum atomic E-state index is 13.0. The Balaban J connectivity index is 1.41. The molecule has 3 aromatic rings. The second-order valence-corrected chi connectivity index (χ2v) is 9.07. The van der Waals surface area contributed by atoms with E-state index in [9.17, 15) is 13.2 Å². The first-order chi connectivity index (χ1) is 16.4. The minimum Gasteiger partial charge on any atom is -0.341 e. The van der Waals surface area contributed by atoms with E-state index in [1.807, 2.05) is 42.1 Å². The summed E-state index contributed by atoms with van der Waals surface area (Å²) < 4.78 is 40.7. The highest BCUT2D eigenvalue weighted by molar-refractivity contribution is 6.01. The van der Waals surface area contributed by atoms with Crippen LogP contribution in [0.2, 0.25) is 0 Å². The van der Waals surface area contributed by atoms with Crippen LogP contribution in [0.1, 0.15) is 36.1 Å². The number of guanidine groups is 1. The summed E-state index contributed by atoms with van der Waals surface area (Å²) in [7, 11) is 2.04. The first kappa shape index (κ1) is 21.0. The second kappa shape index (κ2) is 7.75. The van der Waals surface area contributed by atoms with Crippen LogP contribution in [-0.2, 0) is 19.3 Å². The van der Waals surface area contributed by atoms with Crippen molar-refractivity contribution < 1.29 is 13.2 Å². The highest BCUT2D eigenvalue weighted by Crippen LogP contribution is 2.43. The summed E-state index contributed by atoms with van der Waals surface area (Å²) in [5, 5.41) is 8.48. The number of anilines is 3. The van der Waals surface area contributed by atoms with Crippen molar-refractivity contribution in [1.82, 2.24) is 19.7 Å². The van der Waals surface area contributed by atoms with Gasteiger partial charge in [-0.1, -0.05) is 24.3 Å². The summed E-state index contributed by atoms with van der Waals surface area (Å²) in [6, 6.07) is 12.9. The smallest absolute Gasteiger partial charge is 0.341 e. The molecule has 2 aliphatic heterocycles. The average molecular weight is 467 g/mol. The predicted octanol–water partition coefficient (Wildman–Crippen LogP) is 4.63. The number of nitrogens with zero attached hydrogens (tertiary/aromatic N) is 6. The van der Waals surface area contributed by atoms with E-state index >= 15 is 0 Å². The number of para-hydroxylation sites is 1. The molecule has 10 heteroatoms. The summed E-state index contributed by atoms with van der Waals surface area (Å²) in [5.74, 6) is 2.66. The molecule has 3 aliphatic rings. The van der Waals surface area contributed by atoms with Gasteiger partial charge >= 0.3 is 6.18 Å². The Bertz CT molecular complexity index is 1230. The van der Waals surface area contributed by atoms with Crippen molar-refractivity contribution in [2.75, 3.05) is 17.3 Å². The zero-order valence-electron chi connectivity index (χ0n) is 18.6. The molecule has 1 fully saturated rings. The highest BCUT2D eigenvalue weighted by atomic mass is 19.4. The zero-order valence-corrected chi connectivity index (χ0v) is 18.6. The van der Waals surface area contributed by atoms with Gasteiger partial charge in [0, 0.05) is 18.9 Å². The van der Waals surface area contributed by atoms with E-state index in [1.165, 1.54) is 12.3 Å².